The number of aromatic nitrogens is 3. The molecule has 134 valence electrons. The predicted molar refractivity (Wildman–Crippen MR) is 107 cm³/mol. The third kappa shape index (κ3) is 5.00. The molecule has 2 heterocycles. The van der Waals surface area contributed by atoms with Gasteiger partial charge in [-0.2, -0.15) is 4.98 Å². The van der Waals surface area contributed by atoms with E-state index in [1.54, 1.807) is 12.4 Å². The molecule has 3 aromatic rings. The van der Waals surface area contributed by atoms with Crippen molar-refractivity contribution in [2.45, 2.75) is 19.5 Å². The zero-order valence-electron chi connectivity index (χ0n) is 14.4. The molecule has 0 aliphatic carbocycles. The van der Waals surface area contributed by atoms with E-state index in [2.05, 4.69) is 47.6 Å². The van der Waals surface area contributed by atoms with Gasteiger partial charge in [0.05, 0.1) is 12.3 Å². The van der Waals surface area contributed by atoms with Gasteiger partial charge >= 0.3 is 0 Å². The number of pyridine rings is 1. The highest BCUT2D eigenvalue weighted by Gasteiger charge is 2.09. The topological polar surface area (TPSA) is 83.0 Å². The lowest BCUT2D eigenvalue weighted by atomic mass is 10.2. The number of hydrogen-bond donors (Lipinski definition) is 3. The van der Waals surface area contributed by atoms with Crippen LogP contribution in [-0.2, 0) is 6.54 Å². The first-order chi connectivity index (χ1) is 12.6. The summed E-state index contributed by atoms with van der Waals surface area (Å²) >= 11 is 3.48. The van der Waals surface area contributed by atoms with Crippen molar-refractivity contribution in [1.29, 1.82) is 0 Å². The minimum Gasteiger partial charge on any atom is -0.394 e. The maximum atomic E-state index is 9.28. The molecular weight excluding hydrogens is 394 g/mol. The summed E-state index contributed by atoms with van der Waals surface area (Å²) in [5.41, 5.74) is 2.80. The van der Waals surface area contributed by atoms with Gasteiger partial charge in [0.15, 0.2) is 0 Å². The number of hydrogen-bond acceptors (Lipinski definition) is 6. The third-order valence-electron chi connectivity index (χ3n) is 3.70. The first kappa shape index (κ1) is 18.3. The standard InChI is InChI=1S/C19H20BrN5O/c1-13(12-26)23-19-24-17(15-5-3-7-21-11-15)9-18(25-19)22-10-14-4-2-6-16(20)8-14/h2-9,11,13,26H,10,12H2,1H3,(H2,22,23,24,25)/t13-/m0/s1. The maximum absolute atomic E-state index is 9.28. The van der Waals surface area contributed by atoms with Crippen molar-refractivity contribution < 1.29 is 5.11 Å². The molecule has 0 unspecified atom stereocenters. The van der Waals surface area contributed by atoms with E-state index >= 15 is 0 Å². The van der Waals surface area contributed by atoms with Gasteiger partial charge in [0, 0.05) is 41.1 Å². The summed E-state index contributed by atoms with van der Waals surface area (Å²) in [7, 11) is 0. The lowest BCUT2D eigenvalue weighted by Crippen LogP contribution is -2.21. The van der Waals surface area contributed by atoms with Crippen LogP contribution in [0.5, 0.6) is 0 Å². The van der Waals surface area contributed by atoms with Crippen molar-refractivity contribution in [2.75, 3.05) is 17.2 Å². The van der Waals surface area contributed by atoms with Crippen molar-refractivity contribution in [2.24, 2.45) is 0 Å². The summed E-state index contributed by atoms with van der Waals surface area (Å²) < 4.78 is 1.04. The van der Waals surface area contributed by atoms with Crippen LogP contribution < -0.4 is 10.6 Å². The van der Waals surface area contributed by atoms with Crippen molar-refractivity contribution in [3.63, 3.8) is 0 Å². The largest absolute Gasteiger partial charge is 0.394 e. The third-order valence-corrected chi connectivity index (χ3v) is 4.19. The molecule has 0 fully saturated rings. The molecule has 26 heavy (non-hydrogen) atoms. The van der Waals surface area contributed by atoms with E-state index in [9.17, 15) is 5.11 Å². The zero-order chi connectivity index (χ0) is 18.4. The second-order valence-corrected chi connectivity index (χ2v) is 6.83. The SMILES string of the molecule is C[C@@H](CO)Nc1nc(NCc2cccc(Br)c2)cc(-c2cccnc2)n1. The normalized spacial score (nSPS) is 11.8. The fraction of sp³-hybridized carbons (Fsp3) is 0.211. The fourth-order valence-corrected chi connectivity index (χ4v) is 2.82. The molecule has 0 spiro atoms. The van der Waals surface area contributed by atoms with Crippen LogP contribution in [0.4, 0.5) is 11.8 Å². The van der Waals surface area contributed by atoms with Crippen LogP contribution in [0.2, 0.25) is 0 Å². The van der Waals surface area contributed by atoms with Crippen molar-refractivity contribution >= 4 is 27.7 Å². The van der Waals surface area contributed by atoms with Crippen LogP contribution in [0, 0.1) is 0 Å². The molecule has 2 aromatic heterocycles. The Bertz CT molecular complexity index is 860. The van der Waals surface area contributed by atoms with Gasteiger partial charge in [-0.1, -0.05) is 28.1 Å². The van der Waals surface area contributed by atoms with Crippen LogP contribution in [0.3, 0.4) is 0 Å². The summed E-state index contributed by atoms with van der Waals surface area (Å²) in [4.78, 5) is 13.2. The number of anilines is 2. The number of nitrogens with zero attached hydrogens (tertiary/aromatic N) is 3. The highest BCUT2D eigenvalue weighted by Crippen LogP contribution is 2.21. The highest BCUT2D eigenvalue weighted by molar-refractivity contribution is 9.10. The number of aliphatic hydroxyl groups excluding tert-OH is 1. The Morgan fingerprint density at radius 2 is 2.04 bits per heavy atom. The molecule has 0 aliphatic heterocycles. The quantitative estimate of drug-likeness (QED) is 0.547. The van der Waals surface area contributed by atoms with Gasteiger partial charge in [0.25, 0.3) is 0 Å². The molecule has 1 aromatic carbocycles. The monoisotopic (exact) mass is 413 g/mol. The van der Waals surface area contributed by atoms with Crippen LogP contribution in [0.1, 0.15) is 12.5 Å². The van der Waals surface area contributed by atoms with Gasteiger partial charge in [-0.25, -0.2) is 4.98 Å². The lowest BCUT2D eigenvalue weighted by Gasteiger charge is -2.14. The number of rotatable bonds is 7. The lowest BCUT2D eigenvalue weighted by molar-refractivity contribution is 0.281. The fourth-order valence-electron chi connectivity index (χ4n) is 2.37. The van der Waals surface area contributed by atoms with Crippen molar-refractivity contribution in [1.82, 2.24) is 15.0 Å². The van der Waals surface area contributed by atoms with Gasteiger partial charge in [-0.05, 0) is 36.8 Å². The molecule has 3 rings (SSSR count). The summed E-state index contributed by atoms with van der Waals surface area (Å²) in [5, 5.41) is 15.7. The summed E-state index contributed by atoms with van der Waals surface area (Å²) in [6.45, 7) is 2.51. The Labute approximate surface area is 160 Å². The molecule has 0 amide bonds. The number of benzene rings is 1. The van der Waals surface area contributed by atoms with Gasteiger partial charge in [-0.3, -0.25) is 4.98 Å². The first-order valence-electron chi connectivity index (χ1n) is 8.29. The predicted octanol–water partition coefficient (Wildman–Crippen LogP) is 3.71. The molecule has 6 nitrogen and oxygen atoms in total. The van der Waals surface area contributed by atoms with Crippen molar-refractivity contribution in [3.05, 3.63) is 64.9 Å². The van der Waals surface area contributed by atoms with Crippen molar-refractivity contribution in [3.8, 4) is 11.3 Å². The Kier molecular flexibility index (Phi) is 6.14. The second-order valence-electron chi connectivity index (χ2n) is 5.92. The van der Waals surface area contributed by atoms with E-state index in [0.29, 0.717) is 18.3 Å². The average molecular weight is 414 g/mol. The highest BCUT2D eigenvalue weighted by atomic mass is 79.9. The average Bonchev–Trinajstić information content (AvgIpc) is 2.67. The second kappa shape index (κ2) is 8.73. The van der Waals surface area contributed by atoms with E-state index < -0.39 is 0 Å². The molecule has 0 bridgehead atoms. The van der Waals surface area contributed by atoms with Crippen LogP contribution in [-0.4, -0.2) is 32.7 Å². The van der Waals surface area contributed by atoms with Crippen LogP contribution in [0.25, 0.3) is 11.3 Å². The molecule has 0 aliphatic rings. The summed E-state index contributed by atoms with van der Waals surface area (Å²) in [5.74, 6) is 1.16. The Morgan fingerprint density at radius 1 is 1.15 bits per heavy atom. The molecule has 0 radical (unpaired) electrons. The van der Waals surface area contributed by atoms with Gasteiger partial charge in [0.2, 0.25) is 5.95 Å². The zero-order valence-corrected chi connectivity index (χ0v) is 15.9. The molecule has 0 saturated carbocycles. The van der Waals surface area contributed by atoms with E-state index in [0.717, 1.165) is 21.3 Å². The molecule has 3 N–H and O–H groups in total. The van der Waals surface area contributed by atoms with Gasteiger partial charge in [-0.15, -0.1) is 0 Å². The molecule has 0 saturated heterocycles. The number of nitrogens with one attached hydrogen (secondary N) is 2. The Balaban J connectivity index is 1.86. The number of aliphatic hydroxyl groups is 1. The summed E-state index contributed by atoms with van der Waals surface area (Å²) in [6.07, 6.45) is 3.49. The molecule has 1 atom stereocenters. The number of halogens is 1. The molecule has 7 heteroatoms. The molecular formula is C19H20BrN5O. The van der Waals surface area contributed by atoms with E-state index in [1.807, 2.05) is 43.3 Å². The minimum absolute atomic E-state index is 0.00127. The first-order valence-corrected chi connectivity index (χ1v) is 9.08. The van der Waals surface area contributed by atoms with E-state index in [1.165, 1.54) is 0 Å². The van der Waals surface area contributed by atoms with E-state index in [-0.39, 0.29) is 12.6 Å². The minimum atomic E-state index is -0.142. The summed E-state index contributed by atoms with van der Waals surface area (Å²) in [6, 6.07) is 13.7. The van der Waals surface area contributed by atoms with Gasteiger partial charge in [0.1, 0.15) is 5.82 Å². The Hall–Kier alpha value is -2.51. The van der Waals surface area contributed by atoms with Crippen LogP contribution >= 0.6 is 15.9 Å². The smallest absolute Gasteiger partial charge is 0.225 e. The van der Waals surface area contributed by atoms with Gasteiger partial charge < -0.3 is 15.7 Å². The van der Waals surface area contributed by atoms with E-state index in [4.69, 9.17) is 0 Å². The Morgan fingerprint density at radius 3 is 2.77 bits per heavy atom. The maximum Gasteiger partial charge on any atom is 0.225 e. The van der Waals surface area contributed by atoms with Crippen LogP contribution in [0.15, 0.2) is 59.3 Å².